The first-order chi connectivity index (χ1) is 8.36. The Hall–Kier alpha value is -0.280. The lowest BCUT2D eigenvalue weighted by Crippen LogP contribution is -2.57. The van der Waals surface area contributed by atoms with E-state index in [4.69, 9.17) is 23.2 Å². The van der Waals surface area contributed by atoms with Gasteiger partial charge in [-0.2, -0.15) is 0 Å². The summed E-state index contributed by atoms with van der Waals surface area (Å²) >= 11 is 12.2. The maximum absolute atomic E-state index is 10.9. The third-order valence-electron chi connectivity index (χ3n) is 4.06. The van der Waals surface area contributed by atoms with Crippen LogP contribution in [0.15, 0.2) is 18.2 Å². The first kappa shape index (κ1) is 14.1. The smallest absolute Gasteiger partial charge is 0.0763 e. The average molecular weight is 288 g/mol. The lowest BCUT2D eigenvalue weighted by molar-refractivity contribution is -0.0869. The van der Waals surface area contributed by atoms with E-state index in [-0.39, 0.29) is 5.41 Å². The zero-order valence-electron chi connectivity index (χ0n) is 10.8. The van der Waals surface area contributed by atoms with Crippen LogP contribution in [-0.2, 0) is 6.42 Å². The van der Waals surface area contributed by atoms with Crippen LogP contribution in [0.2, 0.25) is 10.0 Å². The van der Waals surface area contributed by atoms with E-state index in [1.807, 2.05) is 12.1 Å². The minimum atomic E-state index is -0.743. The summed E-state index contributed by atoms with van der Waals surface area (Å²) in [6.45, 7) is 5.80. The van der Waals surface area contributed by atoms with Crippen LogP contribution in [0.1, 0.15) is 25.8 Å². The lowest BCUT2D eigenvalue weighted by atomic mass is 9.68. The van der Waals surface area contributed by atoms with Crippen molar-refractivity contribution in [2.45, 2.75) is 32.3 Å². The third kappa shape index (κ3) is 2.53. The van der Waals surface area contributed by atoms with Crippen LogP contribution in [0.5, 0.6) is 0 Å². The van der Waals surface area contributed by atoms with Crippen LogP contribution in [0.4, 0.5) is 0 Å². The second-order valence-electron chi connectivity index (χ2n) is 5.73. The molecule has 0 bridgehead atoms. The SMILES string of the molecule is CC1(C)CNCCC1(O)Cc1cccc(Cl)c1Cl. The van der Waals surface area contributed by atoms with Gasteiger partial charge in [0.05, 0.1) is 15.6 Å². The number of halogens is 2. The molecular weight excluding hydrogens is 269 g/mol. The minimum absolute atomic E-state index is 0.184. The molecule has 1 aliphatic rings. The monoisotopic (exact) mass is 287 g/mol. The summed E-state index contributed by atoms with van der Waals surface area (Å²) in [7, 11) is 0. The summed E-state index contributed by atoms with van der Waals surface area (Å²) in [5.41, 5.74) is -0.00893. The predicted octanol–water partition coefficient (Wildman–Crippen LogP) is 3.29. The third-order valence-corrected chi connectivity index (χ3v) is 4.91. The second-order valence-corrected chi connectivity index (χ2v) is 6.52. The second kappa shape index (κ2) is 5.01. The van der Waals surface area contributed by atoms with Gasteiger partial charge in [0.25, 0.3) is 0 Å². The van der Waals surface area contributed by atoms with Crippen molar-refractivity contribution < 1.29 is 5.11 Å². The standard InChI is InChI=1S/C14H19Cl2NO/c1-13(2)9-17-7-6-14(13,18)8-10-4-3-5-11(15)12(10)16/h3-5,17-18H,6-9H2,1-2H3. The molecule has 2 nitrogen and oxygen atoms in total. The molecule has 0 aromatic heterocycles. The van der Waals surface area contributed by atoms with Gasteiger partial charge in [0.15, 0.2) is 0 Å². The number of piperidine rings is 1. The van der Waals surface area contributed by atoms with Gasteiger partial charge in [-0.1, -0.05) is 49.2 Å². The summed E-state index contributed by atoms with van der Waals surface area (Å²) in [6, 6.07) is 5.58. The summed E-state index contributed by atoms with van der Waals surface area (Å²) in [4.78, 5) is 0. The highest BCUT2D eigenvalue weighted by atomic mass is 35.5. The largest absolute Gasteiger partial charge is 0.389 e. The van der Waals surface area contributed by atoms with Crippen molar-refractivity contribution in [3.63, 3.8) is 0 Å². The highest BCUT2D eigenvalue weighted by Gasteiger charge is 2.45. The highest BCUT2D eigenvalue weighted by Crippen LogP contribution is 2.40. The first-order valence-corrected chi connectivity index (χ1v) is 6.97. The van der Waals surface area contributed by atoms with Gasteiger partial charge in [0.1, 0.15) is 0 Å². The Morgan fingerprint density at radius 1 is 1.33 bits per heavy atom. The fourth-order valence-electron chi connectivity index (χ4n) is 2.53. The van der Waals surface area contributed by atoms with E-state index in [0.717, 1.165) is 25.1 Å². The first-order valence-electron chi connectivity index (χ1n) is 6.22. The molecule has 1 unspecified atom stereocenters. The zero-order chi connectivity index (χ0) is 13.4. The Bertz CT molecular complexity index is 447. The fourth-order valence-corrected chi connectivity index (χ4v) is 2.91. The van der Waals surface area contributed by atoms with Crippen LogP contribution in [0, 0.1) is 5.41 Å². The molecule has 1 aromatic carbocycles. The Morgan fingerprint density at radius 2 is 2.06 bits per heavy atom. The van der Waals surface area contributed by atoms with Crippen molar-refractivity contribution in [2.24, 2.45) is 5.41 Å². The molecule has 2 N–H and O–H groups in total. The normalized spacial score (nSPS) is 27.2. The summed E-state index contributed by atoms with van der Waals surface area (Å²) in [5.74, 6) is 0. The fraction of sp³-hybridized carbons (Fsp3) is 0.571. The van der Waals surface area contributed by atoms with Gasteiger partial charge in [-0.05, 0) is 24.6 Å². The molecule has 2 rings (SSSR count). The average Bonchev–Trinajstić information content (AvgIpc) is 2.29. The van der Waals surface area contributed by atoms with Crippen LogP contribution >= 0.6 is 23.2 Å². The maximum Gasteiger partial charge on any atom is 0.0763 e. The molecule has 0 radical (unpaired) electrons. The molecule has 1 heterocycles. The topological polar surface area (TPSA) is 32.3 Å². The molecule has 1 fully saturated rings. The lowest BCUT2D eigenvalue weighted by Gasteiger charge is -2.47. The van der Waals surface area contributed by atoms with Crippen LogP contribution in [-0.4, -0.2) is 23.8 Å². The van der Waals surface area contributed by atoms with Gasteiger partial charge < -0.3 is 10.4 Å². The van der Waals surface area contributed by atoms with E-state index in [1.54, 1.807) is 6.07 Å². The highest BCUT2D eigenvalue weighted by molar-refractivity contribution is 6.42. The van der Waals surface area contributed by atoms with Gasteiger partial charge in [0.2, 0.25) is 0 Å². The van der Waals surface area contributed by atoms with Crippen LogP contribution in [0.3, 0.4) is 0 Å². The van der Waals surface area contributed by atoms with E-state index in [0.29, 0.717) is 16.5 Å². The molecule has 18 heavy (non-hydrogen) atoms. The Balaban J connectivity index is 2.29. The molecule has 100 valence electrons. The minimum Gasteiger partial charge on any atom is -0.389 e. The van der Waals surface area contributed by atoms with Gasteiger partial charge in [-0.15, -0.1) is 0 Å². The Labute approximate surface area is 118 Å². The molecule has 1 atom stereocenters. The van der Waals surface area contributed by atoms with E-state index < -0.39 is 5.60 Å². The van der Waals surface area contributed by atoms with Crippen molar-refractivity contribution >= 4 is 23.2 Å². The maximum atomic E-state index is 10.9. The van der Waals surface area contributed by atoms with Crippen LogP contribution in [0.25, 0.3) is 0 Å². The van der Waals surface area contributed by atoms with Crippen molar-refractivity contribution in [1.82, 2.24) is 5.32 Å². The quantitative estimate of drug-likeness (QED) is 0.875. The van der Waals surface area contributed by atoms with Crippen molar-refractivity contribution in [3.05, 3.63) is 33.8 Å². The van der Waals surface area contributed by atoms with Crippen molar-refractivity contribution in [1.29, 1.82) is 0 Å². The molecule has 4 heteroatoms. The number of rotatable bonds is 2. The van der Waals surface area contributed by atoms with E-state index in [9.17, 15) is 5.11 Å². The zero-order valence-corrected chi connectivity index (χ0v) is 12.3. The molecule has 0 aliphatic carbocycles. The number of aliphatic hydroxyl groups is 1. The number of hydrogen-bond acceptors (Lipinski definition) is 2. The number of benzene rings is 1. The molecule has 1 aliphatic heterocycles. The van der Waals surface area contributed by atoms with E-state index in [2.05, 4.69) is 19.2 Å². The van der Waals surface area contributed by atoms with E-state index in [1.165, 1.54) is 0 Å². The van der Waals surface area contributed by atoms with Gasteiger partial charge in [0, 0.05) is 18.4 Å². The Kier molecular flexibility index (Phi) is 3.93. The summed E-state index contributed by atoms with van der Waals surface area (Å²) < 4.78 is 0. The summed E-state index contributed by atoms with van der Waals surface area (Å²) in [5, 5.41) is 15.4. The number of hydrogen-bond donors (Lipinski definition) is 2. The predicted molar refractivity (Wildman–Crippen MR) is 76.4 cm³/mol. The summed E-state index contributed by atoms with van der Waals surface area (Å²) in [6.07, 6.45) is 1.27. The molecule has 1 saturated heterocycles. The van der Waals surface area contributed by atoms with Gasteiger partial charge in [-0.25, -0.2) is 0 Å². The molecule has 1 aromatic rings. The van der Waals surface area contributed by atoms with Crippen molar-refractivity contribution in [3.8, 4) is 0 Å². The Morgan fingerprint density at radius 3 is 2.72 bits per heavy atom. The van der Waals surface area contributed by atoms with Gasteiger partial charge >= 0.3 is 0 Å². The van der Waals surface area contributed by atoms with Crippen LogP contribution < -0.4 is 5.32 Å². The number of nitrogens with one attached hydrogen (secondary N) is 1. The van der Waals surface area contributed by atoms with Crippen molar-refractivity contribution in [2.75, 3.05) is 13.1 Å². The molecule has 0 saturated carbocycles. The molecular formula is C14H19Cl2NO. The van der Waals surface area contributed by atoms with Gasteiger partial charge in [-0.3, -0.25) is 0 Å². The molecule has 0 spiro atoms. The molecule has 0 amide bonds. The van der Waals surface area contributed by atoms with E-state index >= 15 is 0 Å².